The first-order valence-electron chi connectivity index (χ1n) is 11.1. The molecule has 4 rings (SSSR count). The first kappa shape index (κ1) is 24.7. The smallest absolute Gasteiger partial charge is 0.264 e. The predicted molar refractivity (Wildman–Crippen MR) is 130 cm³/mol. The molecule has 0 amide bonds. The molecule has 0 saturated heterocycles. The van der Waals surface area contributed by atoms with E-state index in [1.54, 1.807) is 18.5 Å². The van der Waals surface area contributed by atoms with E-state index in [1.807, 2.05) is 19.1 Å². The number of hydrogen-bond donors (Lipinski definition) is 1. The van der Waals surface area contributed by atoms with Crippen LogP contribution in [0.2, 0.25) is 0 Å². The zero-order valence-electron chi connectivity index (χ0n) is 19.4. The zero-order valence-corrected chi connectivity index (χ0v) is 20.3. The van der Waals surface area contributed by atoms with Gasteiger partial charge in [0.2, 0.25) is 5.95 Å². The number of anilines is 1. The summed E-state index contributed by atoms with van der Waals surface area (Å²) in [4.78, 5) is 18.4. The second-order valence-electron chi connectivity index (χ2n) is 8.32. The van der Waals surface area contributed by atoms with Gasteiger partial charge in [-0.2, -0.15) is 8.42 Å². The number of oxime groups is 1. The number of benzene rings is 1. The van der Waals surface area contributed by atoms with Gasteiger partial charge in [0.05, 0.1) is 30.0 Å². The van der Waals surface area contributed by atoms with Crippen molar-refractivity contribution in [3.8, 4) is 11.1 Å². The van der Waals surface area contributed by atoms with Crippen molar-refractivity contribution in [2.24, 2.45) is 5.16 Å². The Bertz CT molecular complexity index is 1350. The second kappa shape index (κ2) is 10.4. The average molecular weight is 500 g/mol. The van der Waals surface area contributed by atoms with Gasteiger partial charge in [0, 0.05) is 36.4 Å². The Balaban J connectivity index is 1.64. The van der Waals surface area contributed by atoms with E-state index in [0.717, 1.165) is 34.2 Å². The molecule has 0 unspecified atom stereocenters. The lowest BCUT2D eigenvalue weighted by Gasteiger charge is -2.28. The maximum Gasteiger partial charge on any atom is 0.264 e. The van der Waals surface area contributed by atoms with Crippen molar-refractivity contribution in [1.29, 1.82) is 0 Å². The molecule has 0 bridgehead atoms. The van der Waals surface area contributed by atoms with Crippen LogP contribution in [-0.2, 0) is 25.6 Å². The van der Waals surface area contributed by atoms with E-state index in [9.17, 15) is 12.8 Å². The van der Waals surface area contributed by atoms with Crippen LogP contribution >= 0.6 is 0 Å². The maximum absolute atomic E-state index is 14.2. The summed E-state index contributed by atoms with van der Waals surface area (Å²) in [6, 6.07) is 8.44. The van der Waals surface area contributed by atoms with Gasteiger partial charge in [-0.05, 0) is 48.6 Å². The number of pyridine rings is 1. The van der Waals surface area contributed by atoms with Gasteiger partial charge in [-0.1, -0.05) is 17.3 Å². The number of nitrogen functional groups attached to an aromatic ring is 1. The first-order valence-corrected chi connectivity index (χ1v) is 12.9. The van der Waals surface area contributed by atoms with Crippen LogP contribution < -0.4 is 5.73 Å². The molecular weight excluding hydrogens is 473 g/mol. The number of rotatable bonds is 8. The van der Waals surface area contributed by atoms with Crippen molar-refractivity contribution >= 4 is 21.8 Å². The summed E-state index contributed by atoms with van der Waals surface area (Å²) < 4.78 is 41.1. The minimum Gasteiger partial charge on any atom is -0.395 e. The minimum absolute atomic E-state index is 0.00558. The van der Waals surface area contributed by atoms with Gasteiger partial charge in [0.15, 0.2) is 0 Å². The quantitative estimate of drug-likeness (QED) is 0.284. The number of hydrogen-bond acceptors (Lipinski definition) is 9. The van der Waals surface area contributed by atoms with E-state index in [-0.39, 0.29) is 30.9 Å². The molecule has 9 nitrogen and oxygen atoms in total. The second-order valence-corrected chi connectivity index (χ2v) is 9.96. The van der Waals surface area contributed by atoms with Crippen molar-refractivity contribution < 1.29 is 21.8 Å². The Kier molecular flexibility index (Phi) is 7.37. The molecule has 1 aromatic carbocycles. The Labute approximate surface area is 203 Å². The average Bonchev–Trinajstić information content (AvgIpc) is 2.80. The van der Waals surface area contributed by atoms with Crippen LogP contribution in [0.15, 0.2) is 47.9 Å². The van der Waals surface area contributed by atoms with Crippen LogP contribution in [0.3, 0.4) is 0 Å². The Morgan fingerprint density at radius 2 is 2.03 bits per heavy atom. The zero-order chi connectivity index (χ0) is 25.0. The highest BCUT2D eigenvalue weighted by Gasteiger charge is 2.30. The molecule has 0 spiro atoms. The summed E-state index contributed by atoms with van der Waals surface area (Å²) in [6.45, 7) is 2.02. The highest BCUT2D eigenvalue weighted by atomic mass is 32.2. The van der Waals surface area contributed by atoms with Crippen molar-refractivity contribution in [1.82, 2.24) is 15.0 Å². The number of fused-ring (bicyclic) bond motifs is 1. The molecule has 1 aliphatic rings. The Hall–Kier alpha value is -3.44. The lowest BCUT2D eigenvalue weighted by Crippen LogP contribution is -2.24. The minimum atomic E-state index is -3.50. The summed E-state index contributed by atoms with van der Waals surface area (Å²) in [5.41, 5.74) is 11.3. The van der Waals surface area contributed by atoms with Crippen LogP contribution in [-0.4, -0.2) is 48.6 Å². The number of aromatic nitrogens is 3. The van der Waals surface area contributed by atoms with Gasteiger partial charge in [-0.3, -0.25) is 9.17 Å². The van der Waals surface area contributed by atoms with Crippen LogP contribution in [0.25, 0.3) is 11.1 Å². The summed E-state index contributed by atoms with van der Waals surface area (Å²) in [7, 11) is -3.50. The molecule has 3 aromatic rings. The third kappa shape index (κ3) is 6.17. The van der Waals surface area contributed by atoms with E-state index < -0.39 is 10.1 Å². The third-order valence-electron chi connectivity index (χ3n) is 5.63. The molecule has 11 heteroatoms. The Morgan fingerprint density at radius 1 is 1.20 bits per heavy atom. The van der Waals surface area contributed by atoms with Gasteiger partial charge in [-0.25, -0.2) is 14.4 Å². The largest absolute Gasteiger partial charge is 0.395 e. The molecule has 1 aliphatic carbocycles. The molecule has 0 saturated carbocycles. The molecular formula is C24H26FN5O4S. The van der Waals surface area contributed by atoms with Gasteiger partial charge in [0.25, 0.3) is 10.1 Å². The maximum atomic E-state index is 14.2. The molecule has 0 aliphatic heterocycles. The molecule has 2 heterocycles. The number of nitrogens with two attached hydrogens (primary N) is 1. The van der Waals surface area contributed by atoms with Gasteiger partial charge in [-0.15, -0.1) is 0 Å². The van der Waals surface area contributed by atoms with Crippen LogP contribution in [0.4, 0.5) is 10.3 Å². The molecule has 2 aromatic heterocycles. The number of nitrogens with zero attached hydrogens (tertiary/aromatic N) is 4. The van der Waals surface area contributed by atoms with Crippen LogP contribution in [0, 0.1) is 12.7 Å². The van der Waals surface area contributed by atoms with Crippen LogP contribution in [0.1, 0.15) is 41.3 Å². The fourth-order valence-corrected chi connectivity index (χ4v) is 4.66. The normalized spacial score (nSPS) is 16.8. The molecule has 0 radical (unpaired) electrons. The first-order chi connectivity index (χ1) is 16.7. The standard InChI is InChI=1S/C24H26FN5O4S/c1-15-23-21(29-24(26)28-15)11-17(12-22(23)30-33-9-4-10-34-35(2,31)32)19-7-6-18(25)13-20(19)16-5-3-8-27-14-16/h3,5-8,13-14,17H,4,9-12H2,1-2H3,(H2,26,28,29)/b30-22+/t17-/m1/s1. The Morgan fingerprint density at radius 3 is 2.77 bits per heavy atom. The van der Waals surface area contributed by atoms with E-state index in [4.69, 9.17) is 14.8 Å². The van der Waals surface area contributed by atoms with Gasteiger partial charge in [0.1, 0.15) is 12.4 Å². The fourth-order valence-electron chi connectivity index (χ4n) is 4.24. The van der Waals surface area contributed by atoms with Gasteiger partial charge >= 0.3 is 0 Å². The summed E-state index contributed by atoms with van der Waals surface area (Å²) in [5.74, 6) is -0.227. The van der Waals surface area contributed by atoms with E-state index in [2.05, 4.69) is 20.1 Å². The predicted octanol–water partition coefficient (Wildman–Crippen LogP) is 3.39. The van der Waals surface area contributed by atoms with E-state index in [0.29, 0.717) is 30.7 Å². The molecule has 184 valence electrons. The van der Waals surface area contributed by atoms with Crippen molar-refractivity contribution in [2.45, 2.75) is 32.1 Å². The fraction of sp³-hybridized carbons (Fsp3) is 0.333. The molecule has 1 atom stereocenters. The molecule has 0 fully saturated rings. The summed E-state index contributed by atoms with van der Waals surface area (Å²) in [5, 5.41) is 4.35. The SMILES string of the molecule is Cc1nc(N)nc2c1/C(=N/OCCCOS(C)(=O)=O)C[C@H](c1ccc(F)cc1-c1cccnc1)C2. The van der Waals surface area contributed by atoms with Gasteiger partial charge < -0.3 is 10.6 Å². The highest BCUT2D eigenvalue weighted by molar-refractivity contribution is 7.85. The number of halogens is 1. The highest BCUT2D eigenvalue weighted by Crippen LogP contribution is 2.38. The van der Waals surface area contributed by atoms with Crippen molar-refractivity contribution in [2.75, 3.05) is 25.2 Å². The summed E-state index contributed by atoms with van der Waals surface area (Å²) >= 11 is 0. The molecule has 2 N–H and O–H groups in total. The van der Waals surface area contributed by atoms with Crippen molar-refractivity contribution in [3.05, 3.63) is 71.1 Å². The van der Waals surface area contributed by atoms with Crippen LogP contribution in [0.5, 0.6) is 0 Å². The number of aryl methyl sites for hydroxylation is 1. The summed E-state index contributed by atoms with van der Waals surface area (Å²) in [6.07, 6.45) is 5.81. The third-order valence-corrected chi connectivity index (χ3v) is 6.22. The topological polar surface area (TPSA) is 130 Å². The van der Waals surface area contributed by atoms with Crippen molar-refractivity contribution in [3.63, 3.8) is 0 Å². The molecule has 35 heavy (non-hydrogen) atoms. The van der Waals surface area contributed by atoms with E-state index in [1.165, 1.54) is 12.1 Å². The lowest BCUT2D eigenvalue weighted by atomic mass is 9.78. The van der Waals surface area contributed by atoms with E-state index >= 15 is 0 Å². The monoisotopic (exact) mass is 499 g/mol. The lowest BCUT2D eigenvalue weighted by molar-refractivity contribution is 0.128.